The number of amides is 2. The summed E-state index contributed by atoms with van der Waals surface area (Å²) in [6, 6.07) is 19.0. The topological polar surface area (TPSA) is 118 Å². The number of nitrogens with zero attached hydrogens (tertiary/aromatic N) is 1. The van der Waals surface area contributed by atoms with Crippen LogP contribution in [0.4, 0.5) is 0 Å². The Morgan fingerprint density at radius 2 is 1.61 bits per heavy atom. The van der Waals surface area contributed by atoms with Crippen molar-refractivity contribution in [2.45, 2.75) is 51.6 Å². The lowest BCUT2D eigenvalue weighted by atomic mass is 9.89. The van der Waals surface area contributed by atoms with Crippen molar-refractivity contribution in [2.24, 2.45) is 5.73 Å². The quantitative estimate of drug-likeness (QED) is 0.362. The standard InChI is InChI=1S/C28H30N2O5S/c1-18(31)23-14-15-24(36-23)20-9-11-21(12-10-20)27(35)30(22(26(29)34)13-16-25(32)33)28(2,3)17-19-7-5-4-6-8-19/h4-12,14-15,22H,13,16-17H2,1-3H3,(H2,29,34)(H,32,33)/t22-/m0/s1. The first-order valence-corrected chi connectivity index (χ1v) is 12.4. The van der Waals surface area contributed by atoms with Crippen LogP contribution in [-0.2, 0) is 16.0 Å². The van der Waals surface area contributed by atoms with Crippen LogP contribution in [0.5, 0.6) is 0 Å². The number of carboxylic acids is 1. The maximum atomic E-state index is 13.8. The van der Waals surface area contributed by atoms with Crippen molar-refractivity contribution >= 4 is 34.9 Å². The number of primary amides is 1. The van der Waals surface area contributed by atoms with E-state index in [9.17, 15) is 24.3 Å². The lowest BCUT2D eigenvalue weighted by Crippen LogP contribution is -2.58. The number of ketones is 1. The molecule has 2 amide bonds. The number of carbonyl (C=O) groups excluding carboxylic acids is 3. The predicted octanol–water partition coefficient (Wildman–Crippen LogP) is 4.80. The fourth-order valence-electron chi connectivity index (χ4n) is 4.28. The molecule has 3 aromatic rings. The highest BCUT2D eigenvalue weighted by Crippen LogP contribution is 2.31. The van der Waals surface area contributed by atoms with E-state index in [-0.39, 0.29) is 18.6 Å². The van der Waals surface area contributed by atoms with E-state index in [1.54, 1.807) is 30.3 Å². The number of carboxylic acid groups (broad SMARTS) is 1. The maximum Gasteiger partial charge on any atom is 0.303 e. The van der Waals surface area contributed by atoms with Gasteiger partial charge in [0.2, 0.25) is 5.91 Å². The van der Waals surface area contributed by atoms with Crippen LogP contribution in [-0.4, -0.2) is 45.2 Å². The second kappa shape index (κ2) is 11.3. The monoisotopic (exact) mass is 506 g/mol. The SMILES string of the molecule is CC(=O)c1ccc(-c2ccc(C(=O)N([C@@H](CCC(=O)O)C(N)=O)C(C)(C)Cc3ccccc3)cc2)s1. The molecule has 8 heteroatoms. The summed E-state index contributed by atoms with van der Waals surface area (Å²) in [4.78, 5) is 52.2. The summed E-state index contributed by atoms with van der Waals surface area (Å²) < 4.78 is 0. The number of nitrogens with two attached hydrogens (primary N) is 1. The van der Waals surface area contributed by atoms with Crippen LogP contribution in [0.25, 0.3) is 10.4 Å². The van der Waals surface area contributed by atoms with Gasteiger partial charge in [-0.25, -0.2) is 0 Å². The van der Waals surface area contributed by atoms with E-state index in [2.05, 4.69) is 0 Å². The number of Topliss-reactive ketones (excluding diaryl/α,β-unsaturated/α-hetero) is 1. The molecule has 3 rings (SSSR count). The molecule has 0 aliphatic rings. The van der Waals surface area contributed by atoms with Gasteiger partial charge in [0, 0.05) is 22.4 Å². The summed E-state index contributed by atoms with van der Waals surface area (Å²) in [6.07, 6.45) is 0.0574. The number of rotatable bonds is 11. The van der Waals surface area contributed by atoms with E-state index in [1.165, 1.54) is 23.2 Å². The van der Waals surface area contributed by atoms with Crippen molar-refractivity contribution < 1.29 is 24.3 Å². The molecule has 1 aromatic heterocycles. The maximum absolute atomic E-state index is 13.8. The lowest BCUT2D eigenvalue weighted by molar-refractivity contribution is -0.137. The van der Waals surface area contributed by atoms with Gasteiger partial charge in [-0.15, -0.1) is 11.3 Å². The number of thiophene rings is 1. The van der Waals surface area contributed by atoms with Crippen molar-refractivity contribution in [3.8, 4) is 10.4 Å². The van der Waals surface area contributed by atoms with E-state index in [1.807, 2.05) is 50.2 Å². The Hall–Kier alpha value is -3.78. The fraction of sp³-hybridized carbons (Fsp3) is 0.286. The summed E-state index contributed by atoms with van der Waals surface area (Å²) >= 11 is 1.38. The Balaban J connectivity index is 1.97. The molecule has 0 saturated carbocycles. The minimum absolute atomic E-state index is 0.00630. The van der Waals surface area contributed by atoms with Gasteiger partial charge in [-0.05, 0) is 69.0 Å². The summed E-state index contributed by atoms with van der Waals surface area (Å²) in [5.74, 6) is -2.24. The van der Waals surface area contributed by atoms with Gasteiger partial charge >= 0.3 is 5.97 Å². The third kappa shape index (κ3) is 6.46. The second-order valence-electron chi connectivity index (χ2n) is 9.30. The summed E-state index contributed by atoms with van der Waals surface area (Å²) in [6.45, 7) is 5.21. The van der Waals surface area contributed by atoms with Crippen LogP contribution >= 0.6 is 11.3 Å². The van der Waals surface area contributed by atoms with Crippen LogP contribution in [0.15, 0.2) is 66.7 Å². The normalized spacial score (nSPS) is 12.1. The Morgan fingerprint density at radius 3 is 2.14 bits per heavy atom. The molecule has 0 spiro atoms. The summed E-state index contributed by atoms with van der Waals surface area (Å²) in [5, 5.41) is 9.22. The van der Waals surface area contributed by atoms with Gasteiger partial charge in [0.1, 0.15) is 6.04 Å². The smallest absolute Gasteiger partial charge is 0.303 e. The molecule has 7 nitrogen and oxygen atoms in total. The molecule has 1 heterocycles. The second-order valence-corrected chi connectivity index (χ2v) is 10.4. The highest BCUT2D eigenvalue weighted by atomic mass is 32.1. The zero-order valence-corrected chi connectivity index (χ0v) is 21.4. The Morgan fingerprint density at radius 1 is 0.972 bits per heavy atom. The zero-order chi connectivity index (χ0) is 26.5. The number of carbonyl (C=O) groups is 4. The van der Waals surface area contributed by atoms with Gasteiger partial charge in [0.15, 0.2) is 5.78 Å². The Kier molecular flexibility index (Phi) is 8.42. The number of aliphatic carboxylic acids is 1. The van der Waals surface area contributed by atoms with E-state index >= 15 is 0 Å². The molecular formula is C28H30N2O5S. The Labute approximate surface area is 214 Å². The molecule has 3 N–H and O–H groups in total. The predicted molar refractivity (Wildman–Crippen MR) is 140 cm³/mol. The van der Waals surface area contributed by atoms with E-state index < -0.39 is 29.4 Å². The highest BCUT2D eigenvalue weighted by Gasteiger charge is 2.39. The van der Waals surface area contributed by atoms with Crippen LogP contribution in [0, 0.1) is 0 Å². The molecule has 188 valence electrons. The van der Waals surface area contributed by atoms with Crippen molar-refractivity contribution in [1.29, 1.82) is 0 Å². The van der Waals surface area contributed by atoms with Crippen molar-refractivity contribution in [3.05, 3.63) is 82.7 Å². The molecule has 2 aromatic carbocycles. The van der Waals surface area contributed by atoms with Gasteiger partial charge < -0.3 is 15.7 Å². The molecule has 0 radical (unpaired) electrons. The van der Waals surface area contributed by atoms with Crippen LogP contribution in [0.2, 0.25) is 0 Å². The minimum atomic E-state index is -1.09. The fourth-order valence-corrected chi connectivity index (χ4v) is 5.18. The van der Waals surface area contributed by atoms with Crippen molar-refractivity contribution in [1.82, 2.24) is 4.90 Å². The third-order valence-electron chi connectivity index (χ3n) is 5.99. The van der Waals surface area contributed by atoms with Gasteiger partial charge in [-0.2, -0.15) is 0 Å². The molecule has 0 fully saturated rings. The molecule has 36 heavy (non-hydrogen) atoms. The van der Waals surface area contributed by atoms with Gasteiger partial charge in [-0.1, -0.05) is 42.5 Å². The van der Waals surface area contributed by atoms with E-state index in [0.717, 1.165) is 16.0 Å². The molecule has 0 bridgehead atoms. The molecular weight excluding hydrogens is 476 g/mol. The molecule has 0 aliphatic heterocycles. The molecule has 0 unspecified atom stereocenters. The average Bonchev–Trinajstić information content (AvgIpc) is 3.32. The van der Waals surface area contributed by atoms with Crippen molar-refractivity contribution in [3.63, 3.8) is 0 Å². The molecule has 0 aliphatic carbocycles. The number of hydrogen-bond donors (Lipinski definition) is 2. The van der Waals surface area contributed by atoms with E-state index in [4.69, 9.17) is 5.73 Å². The first-order chi connectivity index (χ1) is 17.0. The largest absolute Gasteiger partial charge is 0.481 e. The zero-order valence-electron chi connectivity index (χ0n) is 20.6. The number of benzene rings is 2. The van der Waals surface area contributed by atoms with E-state index in [0.29, 0.717) is 16.9 Å². The van der Waals surface area contributed by atoms with Gasteiger partial charge in [-0.3, -0.25) is 19.2 Å². The highest BCUT2D eigenvalue weighted by molar-refractivity contribution is 7.17. The first-order valence-electron chi connectivity index (χ1n) is 11.6. The third-order valence-corrected chi connectivity index (χ3v) is 7.23. The van der Waals surface area contributed by atoms with Gasteiger partial charge in [0.05, 0.1) is 4.88 Å². The minimum Gasteiger partial charge on any atom is -0.481 e. The summed E-state index contributed by atoms with van der Waals surface area (Å²) in [7, 11) is 0. The van der Waals surface area contributed by atoms with Crippen LogP contribution < -0.4 is 5.73 Å². The first kappa shape index (κ1) is 26.8. The molecule has 0 saturated heterocycles. The summed E-state index contributed by atoms with van der Waals surface area (Å²) in [5.41, 5.74) is 7.04. The number of hydrogen-bond acceptors (Lipinski definition) is 5. The lowest BCUT2D eigenvalue weighted by Gasteiger charge is -2.43. The van der Waals surface area contributed by atoms with Crippen molar-refractivity contribution in [2.75, 3.05) is 0 Å². The van der Waals surface area contributed by atoms with Crippen LogP contribution in [0.1, 0.15) is 59.2 Å². The molecule has 1 atom stereocenters. The average molecular weight is 507 g/mol. The Bertz CT molecular complexity index is 1250. The van der Waals surface area contributed by atoms with Crippen LogP contribution in [0.3, 0.4) is 0 Å². The van der Waals surface area contributed by atoms with Gasteiger partial charge in [0.25, 0.3) is 5.91 Å².